The molecule has 2 heterocycles. The summed E-state index contributed by atoms with van der Waals surface area (Å²) in [7, 11) is 0. The Morgan fingerprint density at radius 1 is 1.08 bits per heavy atom. The first kappa shape index (κ1) is 18.6. The number of alkyl halides is 3. The quantitative estimate of drug-likeness (QED) is 0.902. The van der Waals surface area contributed by atoms with Gasteiger partial charge in [0.1, 0.15) is 11.5 Å². The number of rotatable bonds is 4. The van der Waals surface area contributed by atoms with E-state index >= 15 is 0 Å². The van der Waals surface area contributed by atoms with E-state index in [1.54, 1.807) is 18.4 Å². The van der Waals surface area contributed by atoms with Crippen molar-refractivity contribution in [1.29, 1.82) is 0 Å². The van der Waals surface area contributed by atoms with Crippen molar-refractivity contribution < 1.29 is 22.3 Å². The monoisotopic (exact) mass is 362 g/mol. The van der Waals surface area contributed by atoms with Gasteiger partial charge in [-0.1, -0.05) is 12.1 Å². The molecule has 0 unspecified atom stereocenters. The molecule has 1 saturated heterocycles. The Labute approximate surface area is 144 Å². The van der Waals surface area contributed by atoms with Crippen LogP contribution in [0, 0.1) is 0 Å². The number of hydrogen-bond donors (Lipinski definition) is 1. The second-order valence-electron chi connectivity index (χ2n) is 5.32. The van der Waals surface area contributed by atoms with Crippen LogP contribution in [0.25, 0.3) is 0 Å². The van der Waals surface area contributed by atoms with Crippen molar-refractivity contribution in [2.24, 2.45) is 0 Å². The van der Waals surface area contributed by atoms with E-state index in [9.17, 15) is 13.2 Å². The summed E-state index contributed by atoms with van der Waals surface area (Å²) in [4.78, 5) is 2.24. The van der Waals surface area contributed by atoms with E-state index in [2.05, 4.69) is 15.0 Å². The van der Waals surface area contributed by atoms with Crippen LogP contribution in [0.4, 0.5) is 13.2 Å². The van der Waals surface area contributed by atoms with Gasteiger partial charge in [-0.05, 0) is 29.8 Å². The van der Waals surface area contributed by atoms with Crippen LogP contribution in [0.15, 0.2) is 47.1 Å². The Morgan fingerprint density at radius 2 is 1.75 bits per heavy atom. The predicted molar refractivity (Wildman–Crippen MR) is 85.4 cm³/mol. The molecule has 0 aliphatic carbocycles. The summed E-state index contributed by atoms with van der Waals surface area (Å²) in [6, 6.07) is 9.54. The third-order valence-electron chi connectivity index (χ3n) is 3.76. The molecule has 2 aromatic rings. The van der Waals surface area contributed by atoms with Gasteiger partial charge < -0.3 is 14.5 Å². The first-order valence-corrected chi connectivity index (χ1v) is 7.37. The number of benzene rings is 1. The van der Waals surface area contributed by atoms with Crippen molar-refractivity contribution in [2.45, 2.75) is 12.4 Å². The molecule has 1 fully saturated rings. The second kappa shape index (κ2) is 7.92. The van der Waals surface area contributed by atoms with Gasteiger partial charge in [-0.3, -0.25) is 4.90 Å². The van der Waals surface area contributed by atoms with Gasteiger partial charge >= 0.3 is 6.36 Å². The molecular formula is C16H18ClF3N2O2. The summed E-state index contributed by atoms with van der Waals surface area (Å²) in [5.41, 5.74) is 0.872. The summed E-state index contributed by atoms with van der Waals surface area (Å²) in [5, 5.41) is 3.28. The number of ether oxygens (including phenoxy) is 1. The average molecular weight is 363 g/mol. The third-order valence-corrected chi connectivity index (χ3v) is 3.76. The van der Waals surface area contributed by atoms with Gasteiger partial charge in [0.2, 0.25) is 0 Å². The van der Waals surface area contributed by atoms with Crippen LogP contribution >= 0.6 is 12.4 Å². The molecule has 3 rings (SSSR count). The smallest absolute Gasteiger partial charge is 0.467 e. The van der Waals surface area contributed by atoms with E-state index in [0.717, 1.165) is 37.5 Å². The molecule has 0 amide bonds. The zero-order valence-corrected chi connectivity index (χ0v) is 13.6. The highest BCUT2D eigenvalue weighted by Gasteiger charge is 2.31. The molecule has 0 radical (unpaired) electrons. The van der Waals surface area contributed by atoms with Gasteiger partial charge in [0.15, 0.2) is 0 Å². The van der Waals surface area contributed by atoms with Crippen LogP contribution in [0.5, 0.6) is 5.75 Å². The summed E-state index contributed by atoms with van der Waals surface area (Å²) in [6.45, 7) is 3.41. The second-order valence-corrected chi connectivity index (χ2v) is 5.32. The van der Waals surface area contributed by atoms with Gasteiger partial charge in [0, 0.05) is 26.2 Å². The van der Waals surface area contributed by atoms with Crippen LogP contribution in [0.3, 0.4) is 0 Å². The number of furan rings is 1. The lowest BCUT2D eigenvalue weighted by Crippen LogP contribution is -2.45. The van der Waals surface area contributed by atoms with Crippen molar-refractivity contribution in [1.82, 2.24) is 10.2 Å². The molecular weight excluding hydrogens is 345 g/mol. The molecule has 1 atom stereocenters. The van der Waals surface area contributed by atoms with Gasteiger partial charge in [-0.2, -0.15) is 0 Å². The van der Waals surface area contributed by atoms with Crippen LogP contribution in [-0.4, -0.2) is 37.4 Å². The maximum atomic E-state index is 12.3. The number of hydrogen-bond acceptors (Lipinski definition) is 4. The SMILES string of the molecule is Cl.FC(F)(F)Oc1ccc([C@H](c2ccco2)N2CCNCC2)cc1. The molecule has 132 valence electrons. The number of halogens is 4. The van der Waals surface area contributed by atoms with Gasteiger partial charge in [0.05, 0.1) is 12.3 Å². The van der Waals surface area contributed by atoms with E-state index in [1.165, 1.54) is 12.1 Å². The Bertz CT molecular complexity index is 611. The molecule has 8 heteroatoms. The number of nitrogens with one attached hydrogen (secondary N) is 1. The Morgan fingerprint density at radius 3 is 2.29 bits per heavy atom. The molecule has 4 nitrogen and oxygen atoms in total. The maximum absolute atomic E-state index is 12.3. The summed E-state index contributed by atoms with van der Waals surface area (Å²) in [6.07, 6.45) is -3.08. The van der Waals surface area contributed by atoms with E-state index in [1.807, 2.05) is 12.1 Å². The molecule has 1 N–H and O–H groups in total. The molecule has 24 heavy (non-hydrogen) atoms. The van der Waals surface area contributed by atoms with Gasteiger partial charge in [0.25, 0.3) is 0 Å². The zero-order chi connectivity index (χ0) is 16.3. The van der Waals surface area contributed by atoms with E-state index in [0.29, 0.717) is 0 Å². The lowest BCUT2D eigenvalue weighted by atomic mass is 10.0. The van der Waals surface area contributed by atoms with Crippen molar-refractivity contribution in [3.05, 3.63) is 54.0 Å². The van der Waals surface area contributed by atoms with Crippen molar-refractivity contribution >= 4 is 12.4 Å². The molecule has 1 aromatic heterocycles. The normalized spacial score (nSPS) is 17.1. The fraction of sp³-hybridized carbons (Fsp3) is 0.375. The van der Waals surface area contributed by atoms with E-state index < -0.39 is 6.36 Å². The van der Waals surface area contributed by atoms with Crippen molar-refractivity contribution in [3.8, 4) is 5.75 Å². The van der Waals surface area contributed by atoms with Crippen LogP contribution in [-0.2, 0) is 0 Å². The Balaban J connectivity index is 0.00000208. The first-order valence-electron chi connectivity index (χ1n) is 7.37. The minimum absolute atomic E-state index is 0. The Kier molecular flexibility index (Phi) is 6.15. The molecule has 1 aliphatic rings. The van der Waals surface area contributed by atoms with Crippen LogP contribution in [0.1, 0.15) is 17.4 Å². The maximum Gasteiger partial charge on any atom is 0.573 e. The standard InChI is InChI=1S/C16H17F3N2O2.ClH/c17-16(18,19)23-13-5-3-12(4-6-13)15(14-2-1-11-22-14)21-9-7-20-8-10-21;/h1-6,11,15,20H,7-10H2;1H/t15-;/m1./s1. The number of nitrogens with zero attached hydrogens (tertiary/aromatic N) is 1. The highest BCUT2D eigenvalue weighted by molar-refractivity contribution is 5.85. The molecule has 0 saturated carbocycles. The third kappa shape index (κ3) is 4.66. The molecule has 0 bridgehead atoms. The predicted octanol–water partition coefficient (Wildman–Crippen LogP) is 3.59. The minimum atomic E-state index is -4.68. The fourth-order valence-corrected chi connectivity index (χ4v) is 2.79. The van der Waals surface area contributed by atoms with Gasteiger partial charge in [-0.15, -0.1) is 25.6 Å². The fourth-order valence-electron chi connectivity index (χ4n) is 2.79. The summed E-state index contributed by atoms with van der Waals surface area (Å²) in [5.74, 6) is 0.552. The highest BCUT2D eigenvalue weighted by Crippen LogP contribution is 2.31. The largest absolute Gasteiger partial charge is 0.573 e. The topological polar surface area (TPSA) is 37.6 Å². The van der Waals surface area contributed by atoms with Crippen LogP contribution in [0.2, 0.25) is 0 Å². The van der Waals surface area contributed by atoms with E-state index in [4.69, 9.17) is 4.42 Å². The lowest BCUT2D eigenvalue weighted by Gasteiger charge is -2.34. The zero-order valence-electron chi connectivity index (χ0n) is 12.8. The van der Waals surface area contributed by atoms with Crippen molar-refractivity contribution in [3.63, 3.8) is 0 Å². The minimum Gasteiger partial charge on any atom is -0.467 e. The molecule has 1 aliphatic heterocycles. The number of piperazine rings is 1. The molecule has 1 aromatic carbocycles. The first-order chi connectivity index (χ1) is 11.0. The summed E-state index contributed by atoms with van der Waals surface area (Å²) >= 11 is 0. The van der Waals surface area contributed by atoms with Gasteiger partial charge in [-0.25, -0.2) is 0 Å². The Hall–Kier alpha value is -1.70. The lowest BCUT2D eigenvalue weighted by molar-refractivity contribution is -0.274. The molecule has 0 spiro atoms. The van der Waals surface area contributed by atoms with Crippen LogP contribution < -0.4 is 10.1 Å². The van der Waals surface area contributed by atoms with E-state index in [-0.39, 0.29) is 24.2 Å². The van der Waals surface area contributed by atoms with Crippen molar-refractivity contribution in [2.75, 3.05) is 26.2 Å². The highest BCUT2D eigenvalue weighted by atomic mass is 35.5. The summed E-state index contributed by atoms with van der Waals surface area (Å²) < 4.78 is 46.3. The average Bonchev–Trinajstić information content (AvgIpc) is 3.03.